The molecule has 0 aliphatic carbocycles. The first-order valence-corrected chi connectivity index (χ1v) is 9.16. The number of carbonyl (C=O) groups excluding carboxylic acids is 1. The average Bonchev–Trinajstić information content (AvgIpc) is 2.62. The van der Waals surface area contributed by atoms with Crippen molar-refractivity contribution in [2.24, 2.45) is 0 Å². The first-order chi connectivity index (χ1) is 11.7. The van der Waals surface area contributed by atoms with Crippen molar-refractivity contribution in [3.8, 4) is 0 Å². The molecule has 24 heavy (non-hydrogen) atoms. The summed E-state index contributed by atoms with van der Waals surface area (Å²) < 4.78 is 5.34. The smallest absolute Gasteiger partial charge is 0.225 e. The SMILES string of the molecule is CCc1cccc(CC)c1NC(=O)CCNCCN1CCOCC1. The van der Waals surface area contributed by atoms with Gasteiger partial charge in [0.25, 0.3) is 0 Å². The number of hydrogen-bond acceptors (Lipinski definition) is 4. The van der Waals surface area contributed by atoms with Crippen LogP contribution in [0.4, 0.5) is 5.69 Å². The third-order valence-electron chi connectivity index (χ3n) is 4.50. The number of benzene rings is 1. The van der Waals surface area contributed by atoms with Crippen LogP contribution in [-0.2, 0) is 22.4 Å². The highest BCUT2D eigenvalue weighted by Gasteiger charge is 2.11. The summed E-state index contributed by atoms with van der Waals surface area (Å²) in [7, 11) is 0. The molecule has 2 N–H and O–H groups in total. The first kappa shape index (κ1) is 18.9. The van der Waals surface area contributed by atoms with Gasteiger partial charge in [0.1, 0.15) is 0 Å². The number of ether oxygens (including phenoxy) is 1. The molecule has 0 aromatic heterocycles. The maximum atomic E-state index is 12.2. The maximum absolute atomic E-state index is 12.2. The van der Waals surface area contributed by atoms with E-state index in [1.165, 1.54) is 11.1 Å². The Bertz CT molecular complexity index is 491. The van der Waals surface area contributed by atoms with Crippen molar-refractivity contribution in [3.05, 3.63) is 29.3 Å². The molecule has 1 fully saturated rings. The molecule has 134 valence electrons. The van der Waals surface area contributed by atoms with Crippen LogP contribution in [-0.4, -0.2) is 56.7 Å². The standard InChI is InChI=1S/C19H31N3O2/c1-3-16-6-5-7-17(4-2)19(16)21-18(23)8-9-20-10-11-22-12-14-24-15-13-22/h5-7,20H,3-4,8-15H2,1-2H3,(H,21,23). The number of morpholine rings is 1. The Morgan fingerprint density at radius 3 is 2.42 bits per heavy atom. The zero-order valence-electron chi connectivity index (χ0n) is 15.1. The lowest BCUT2D eigenvalue weighted by atomic mass is 10.0. The van der Waals surface area contributed by atoms with Gasteiger partial charge in [0.05, 0.1) is 13.2 Å². The van der Waals surface area contributed by atoms with Crippen molar-refractivity contribution in [2.45, 2.75) is 33.1 Å². The fourth-order valence-corrected chi connectivity index (χ4v) is 2.99. The number of hydrogen-bond donors (Lipinski definition) is 2. The number of carbonyl (C=O) groups is 1. The van der Waals surface area contributed by atoms with Gasteiger partial charge in [-0.15, -0.1) is 0 Å². The molecule has 1 heterocycles. The quantitative estimate of drug-likeness (QED) is 0.679. The lowest BCUT2D eigenvalue weighted by molar-refractivity contribution is -0.116. The highest BCUT2D eigenvalue weighted by Crippen LogP contribution is 2.22. The van der Waals surface area contributed by atoms with Crippen LogP contribution in [0.1, 0.15) is 31.4 Å². The molecule has 1 aliphatic rings. The second-order valence-electron chi connectivity index (χ2n) is 6.16. The van der Waals surface area contributed by atoms with E-state index in [0.717, 1.165) is 57.9 Å². The molecular weight excluding hydrogens is 302 g/mol. The van der Waals surface area contributed by atoms with Crippen LogP contribution in [0.15, 0.2) is 18.2 Å². The second kappa shape index (κ2) is 10.4. The molecule has 1 aliphatic heterocycles. The molecule has 2 rings (SSSR count). The third-order valence-corrected chi connectivity index (χ3v) is 4.50. The zero-order valence-corrected chi connectivity index (χ0v) is 15.1. The maximum Gasteiger partial charge on any atom is 0.225 e. The van der Waals surface area contributed by atoms with Crippen molar-refractivity contribution >= 4 is 11.6 Å². The van der Waals surface area contributed by atoms with E-state index in [0.29, 0.717) is 13.0 Å². The van der Waals surface area contributed by atoms with E-state index < -0.39 is 0 Å². The Balaban J connectivity index is 1.69. The van der Waals surface area contributed by atoms with Gasteiger partial charge in [-0.3, -0.25) is 9.69 Å². The van der Waals surface area contributed by atoms with Crippen LogP contribution in [0.3, 0.4) is 0 Å². The molecule has 1 amide bonds. The van der Waals surface area contributed by atoms with Crippen LogP contribution in [0.25, 0.3) is 0 Å². The summed E-state index contributed by atoms with van der Waals surface area (Å²) in [5.74, 6) is 0.0875. The van der Waals surface area contributed by atoms with Crippen molar-refractivity contribution in [3.63, 3.8) is 0 Å². The molecule has 0 radical (unpaired) electrons. The Hall–Kier alpha value is -1.43. The zero-order chi connectivity index (χ0) is 17.2. The number of amides is 1. The molecule has 0 saturated carbocycles. The van der Waals surface area contributed by atoms with Gasteiger partial charge < -0.3 is 15.4 Å². The Morgan fingerprint density at radius 2 is 1.79 bits per heavy atom. The summed E-state index contributed by atoms with van der Waals surface area (Å²) >= 11 is 0. The van der Waals surface area contributed by atoms with Crippen LogP contribution >= 0.6 is 0 Å². The number of rotatable bonds is 9. The topological polar surface area (TPSA) is 53.6 Å². The molecule has 0 bridgehead atoms. The van der Waals surface area contributed by atoms with Crippen molar-refractivity contribution in [2.75, 3.05) is 51.3 Å². The molecule has 0 atom stereocenters. The van der Waals surface area contributed by atoms with Gasteiger partial charge in [-0.05, 0) is 24.0 Å². The van der Waals surface area contributed by atoms with Gasteiger partial charge >= 0.3 is 0 Å². The van der Waals surface area contributed by atoms with E-state index >= 15 is 0 Å². The summed E-state index contributed by atoms with van der Waals surface area (Å²) in [6.07, 6.45) is 2.37. The summed E-state index contributed by atoms with van der Waals surface area (Å²) in [5.41, 5.74) is 3.44. The number of anilines is 1. The number of para-hydroxylation sites is 1. The Morgan fingerprint density at radius 1 is 1.12 bits per heavy atom. The normalized spacial score (nSPS) is 15.4. The van der Waals surface area contributed by atoms with E-state index in [9.17, 15) is 4.79 Å². The van der Waals surface area contributed by atoms with E-state index in [1.54, 1.807) is 0 Å². The number of aryl methyl sites for hydroxylation is 2. The highest BCUT2D eigenvalue weighted by molar-refractivity contribution is 5.92. The van der Waals surface area contributed by atoms with Crippen molar-refractivity contribution in [1.29, 1.82) is 0 Å². The highest BCUT2D eigenvalue weighted by atomic mass is 16.5. The monoisotopic (exact) mass is 333 g/mol. The van der Waals surface area contributed by atoms with Crippen LogP contribution < -0.4 is 10.6 Å². The number of nitrogens with zero attached hydrogens (tertiary/aromatic N) is 1. The third kappa shape index (κ3) is 5.89. The van der Waals surface area contributed by atoms with Gasteiger partial charge in [0.2, 0.25) is 5.91 Å². The van der Waals surface area contributed by atoms with Crippen LogP contribution in [0.5, 0.6) is 0 Å². The second-order valence-corrected chi connectivity index (χ2v) is 6.16. The molecular formula is C19H31N3O2. The predicted molar refractivity (Wildman–Crippen MR) is 98.6 cm³/mol. The van der Waals surface area contributed by atoms with Gasteiger partial charge in [0, 0.05) is 44.8 Å². The lowest BCUT2D eigenvalue weighted by Gasteiger charge is -2.26. The first-order valence-electron chi connectivity index (χ1n) is 9.16. The minimum absolute atomic E-state index is 0.0875. The van der Waals surface area contributed by atoms with E-state index in [1.807, 2.05) is 0 Å². The largest absolute Gasteiger partial charge is 0.379 e. The molecule has 0 spiro atoms. The minimum atomic E-state index is 0.0875. The van der Waals surface area contributed by atoms with Gasteiger partial charge in [-0.25, -0.2) is 0 Å². The summed E-state index contributed by atoms with van der Waals surface area (Å²) in [4.78, 5) is 14.6. The molecule has 5 heteroatoms. The Kier molecular flexibility index (Phi) is 8.22. The van der Waals surface area contributed by atoms with Crippen molar-refractivity contribution in [1.82, 2.24) is 10.2 Å². The summed E-state index contributed by atoms with van der Waals surface area (Å²) in [6.45, 7) is 10.6. The van der Waals surface area contributed by atoms with Crippen molar-refractivity contribution < 1.29 is 9.53 Å². The summed E-state index contributed by atoms with van der Waals surface area (Å²) in [5, 5.41) is 6.48. The summed E-state index contributed by atoms with van der Waals surface area (Å²) in [6, 6.07) is 6.26. The fraction of sp³-hybridized carbons (Fsp3) is 0.632. The van der Waals surface area contributed by atoms with Gasteiger partial charge in [-0.1, -0.05) is 32.0 Å². The Labute approximate surface area is 145 Å². The van der Waals surface area contributed by atoms with E-state index in [-0.39, 0.29) is 5.91 Å². The van der Waals surface area contributed by atoms with Gasteiger partial charge in [0.15, 0.2) is 0 Å². The van der Waals surface area contributed by atoms with E-state index in [2.05, 4.69) is 47.6 Å². The van der Waals surface area contributed by atoms with Crippen LogP contribution in [0.2, 0.25) is 0 Å². The number of nitrogens with one attached hydrogen (secondary N) is 2. The predicted octanol–water partition coefficient (Wildman–Crippen LogP) is 2.06. The minimum Gasteiger partial charge on any atom is -0.379 e. The molecule has 1 aromatic carbocycles. The van der Waals surface area contributed by atoms with Crippen LogP contribution in [0, 0.1) is 0 Å². The van der Waals surface area contributed by atoms with Gasteiger partial charge in [-0.2, -0.15) is 0 Å². The lowest BCUT2D eigenvalue weighted by Crippen LogP contribution is -2.40. The molecule has 1 aromatic rings. The van der Waals surface area contributed by atoms with E-state index in [4.69, 9.17) is 4.74 Å². The molecule has 0 unspecified atom stereocenters. The average molecular weight is 333 g/mol. The molecule has 5 nitrogen and oxygen atoms in total. The fourth-order valence-electron chi connectivity index (χ4n) is 2.99. The molecule has 1 saturated heterocycles.